The molecule has 26 heavy (non-hydrogen) atoms. The standard InChI is InChI=1S/C18H17N5O3/c1-26-13-3-2-10-6-12(7-11(10)8-13)22-18(25)15-4-5-20-17-14(16(19)24)9-21-23(15)17/h2-5,8-9,12H,6-7H2,1H3,(H2,19,24)(H,22,25). The molecule has 8 nitrogen and oxygen atoms in total. The van der Waals surface area contributed by atoms with Gasteiger partial charge in [0, 0.05) is 12.2 Å². The molecule has 1 aliphatic carbocycles. The normalized spacial score (nSPS) is 15.7. The van der Waals surface area contributed by atoms with Gasteiger partial charge in [-0.1, -0.05) is 6.07 Å². The molecule has 1 aliphatic rings. The lowest BCUT2D eigenvalue weighted by Crippen LogP contribution is -2.36. The van der Waals surface area contributed by atoms with Crippen molar-refractivity contribution in [2.24, 2.45) is 5.73 Å². The minimum atomic E-state index is -0.634. The monoisotopic (exact) mass is 351 g/mol. The van der Waals surface area contributed by atoms with Crippen molar-refractivity contribution >= 4 is 17.5 Å². The molecule has 0 fully saturated rings. The number of nitrogens with zero attached hydrogens (tertiary/aromatic N) is 3. The number of ether oxygens (including phenoxy) is 1. The minimum Gasteiger partial charge on any atom is -0.497 e. The van der Waals surface area contributed by atoms with Gasteiger partial charge in [0.15, 0.2) is 5.65 Å². The molecule has 8 heteroatoms. The van der Waals surface area contributed by atoms with Crippen LogP contribution in [0.15, 0.2) is 36.7 Å². The summed E-state index contributed by atoms with van der Waals surface area (Å²) in [5, 5.41) is 7.10. The number of carbonyl (C=O) groups excluding carboxylic acids is 2. The Labute approximate surface area is 149 Å². The first-order valence-corrected chi connectivity index (χ1v) is 8.16. The number of hydrogen-bond donors (Lipinski definition) is 2. The second-order valence-corrected chi connectivity index (χ2v) is 6.20. The molecule has 0 bridgehead atoms. The average Bonchev–Trinajstić information content (AvgIpc) is 3.23. The lowest BCUT2D eigenvalue weighted by molar-refractivity contribution is 0.0929. The van der Waals surface area contributed by atoms with Gasteiger partial charge in [0.1, 0.15) is 17.0 Å². The first kappa shape index (κ1) is 16.1. The van der Waals surface area contributed by atoms with E-state index in [1.165, 1.54) is 28.0 Å². The number of amides is 2. The fourth-order valence-corrected chi connectivity index (χ4v) is 3.32. The van der Waals surface area contributed by atoms with Crippen molar-refractivity contribution in [3.63, 3.8) is 0 Å². The highest BCUT2D eigenvalue weighted by atomic mass is 16.5. The van der Waals surface area contributed by atoms with E-state index < -0.39 is 5.91 Å². The summed E-state index contributed by atoms with van der Waals surface area (Å²) in [6.45, 7) is 0. The van der Waals surface area contributed by atoms with Crippen molar-refractivity contribution in [2.75, 3.05) is 7.11 Å². The van der Waals surface area contributed by atoms with E-state index >= 15 is 0 Å². The quantitative estimate of drug-likeness (QED) is 0.720. The van der Waals surface area contributed by atoms with E-state index in [-0.39, 0.29) is 23.2 Å². The van der Waals surface area contributed by atoms with Gasteiger partial charge in [0.25, 0.3) is 11.8 Å². The fraction of sp³-hybridized carbons (Fsp3) is 0.222. The van der Waals surface area contributed by atoms with Crippen molar-refractivity contribution < 1.29 is 14.3 Å². The number of nitrogens with two attached hydrogens (primary N) is 1. The topological polar surface area (TPSA) is 112 Å². The van der Waals surface area contributed by atoms with Gasteiger partial charge in [-0.25, -0.2) is 9.50 Å². The summed E-state index contributed by atoms with van der Waals surface area (Å²) in [5.74, 6) is -0.103. The summed E-state index contributed by atoms with van der Waals surface area (Å²) >= 11 is 0. The Morgan fingerprint density at radius 3 is 2.85 bits per heavy atom. The zero-order chi connectivity index (χ0) is 18.3. The molecule has 3 aromatic rings. The number of methoxy groups -OCH3 is 1. The van der Waals surface area contributed by atoms with Gasteiger partial charge in [0.05, 0.1) is 13.3 Å². The van der Waals surface area contributed by atoms with Gasteiger partial charge in [-0.3, -0.25) is 9.59 Å². The third-order valence-corrected chi connectivity index (χ3v) is 4.58. The summed E-state index contributed by atoms with van der Waals surface area (Å²) in [6, 6.07) is 7.49. The molecule has 0 radical (unpaired) electrons. The first-order chi connectivity index (χ1) is 12.6. The molecule has 1 atom stereocenters. The summed E-state index contributed by atoms with van der Waals surface area (Å²) in [4.78, 5) is 28.3. The van der Waals surface area contributed by atoms with E-state index in [9.17, 15) is 9.59 Å². The van der Waals surface area contributed by atoms with Gasteiger partial charge in [-0.2, -0.15) is 5.10 Å². The lowest BCUT2D eigenvalue weighted by atomic mass is 10.1. The number of benzene rings is 1. The third-order valence-electron chi connectivity index (χ3n) is 4.58. The Kier molecular flexibility index (Phi) is 3.80. The molecule has 2 heterocycles. The molecule has 0 spiro atoms. The molecule has 0 saturated heterocycles. The number of hydrogen-bond acceptors (Lipinski definition) is 5. The maximum atomic E-state index is 12.7. The molecule has 1 aromatic carbocycles. The Morgan fingerprint density at radius 2 is 2.08 bits per heavy atom. The van der Waals surface area contributed by atoms with Crippen LogP contribution in [0.4, 0.5) is 0 Å². The third kappa shape index (κ3) is 2.65. The average molecular weight is 351 g/mol. The van der Waals surface area contributed by atoms with Crippen molar-refractivity contribution in [3.8, 4) is 5.75 Å². The van der Waals surface area contributed by atoms with Gasteiger partial charge >= 0.3 is 0 Å². The maximum absolute atomic E-state index is 12.7. The van der Waals surface area contributed by atoms with Crippen LogP contribution in [0.25, 0.3) is 5.65 Å². The number of nitrogens with one attached hydrogen (secondary N) is 1. The Hall–Kier alpha value is -3.42. The number of rotatable bonds is 4. The molecule has 132 valence electrons. The van der Waals surface area contributed by atoms with Crippen LogP contribution in [0.2, 0.25) is 0 Å². The first-order valence-electron chi connectivity index (χ1n) is 8.16. The molecule has 4 rings (SSSR count). The molecule has 3 N–H and O–H groups in total. The Balaban J connectivity index is 1.56. The fourth-order valence-electron chi connectivity index (χ4n) is 3.32. The Bertz CT molecular complexity index is 1030. The van der Waals surface area contributed by atoms with Crippen LogP contribution in [0, 0.1) is 0 Å². The molecule has 2 aromatic heterocycles. The highest BCUT2D eigenvalue weighted by Gasteiger charge is 2.25. The maximum Gasteiger partial charge on any atom is 0.270 e. The Morgan fingerprint density at radius 1 is 1.27 bits per heavy atom. The summed E-state index contributed by atoms with van der Waals surface area (Å²) in [7, 11) is 1.63. The lowest BCUT2D eigenvalue weighted by Gasteiger charge is -2.12. The van der Waals surface area contributed by atoms with Crippen LogP contribution in [-0.4, -0.2) is 39.6 Å². The van der Waals surface area contributed by atoms with Crippen LogP contribution < -0.4 is 15.8 Å². The second-order valence-electron chi connectivity index (χ2n) is 6.20. The molecule has 1 unspecified atom stereocenters. The van der Waals surface area contributed by atoms with Gasteiger partial charge < -0.3 is 15.8 Å². The second kappa shape index (κ2) is 6.14. The zero-order valence-electron chi connectivity index (χ0n) is 14.1. The van der Waals surface area contributed by atoms with E-state index in [1.807, 2.05) is 18.2 Å². The SMILES string of the molecule is COc1ccc2c(c1)CC(NC(=O)c1ccnc3c(C(N)=O)cnn13)C2. The molecular formula is C18H17N5O3. The van der Waals surface area contributed by atoms with Crippen molar-refractivity contribution in [2.45, 2.75) is 18.9 Å². The van der Waals surface area contributed by atoms with E-state index in [2.05, 4.69) is 15.4 Å². The van der Waals surface area contributed by atoms with E-state index in [0.29, 0.717) is 5.69 Å². The number of fused-ring (bicyclic) bond motifs is 2. The smallest absolute Gasteiger partial charge is 0.270 e. The number of aromatic nitrogens is 3. The van der Waals surface area contributed by atoms with Crippen LogP contribution in [-0.2, 0) is 12.8 Å². The van der Waals surface area contributed by atoms with Crippen LogP contribution >= 0.6 is 0 Å². The molecule has 2 amide bonds. The largest absolute Gasteiger partial charge is 0.497 e. The van der Waals surface area contributed by atoms with Crippen molar-refractivity contribution in [1.29, 1.82) is 0 Å². The van der Waals surface area contributed by atoms with Crippen molar-refractivity contribution in [1.82, 2.24) is 19.9 Å². The minimum absolute atomic E-state index is 0.0148. The van der Waals surface area contributed by atoms with Crippen LogP contribution in [0.3, 0.4) is 0 Å². The highest BCUT2D eigenvalue weighted by molar-refractivity contribution is 5.99. The molecule has 0 saturated carbocycles. The summed E-state index contributed by atoms with van der Waals surface area (Å²) < 4.78 is 6.59. The highest BCUT2D eigenvalue weighted by Crippen LogP contribution is 2.26. The van der Waals surface area contributed by atoms with Crippen LogP contribution in [0.1, 0.15) is 32.0 Å². The van der Waals surface area contributed by atoms with Crippen LogP contribution in [0.5, 0.6) is 5.75 Å². The summed E-state index contributed by atoms with van der Waals surface area (Å²) in [6.07, 6.45) is 4.27. The van der Waals surface area contributed by atoms with E-state index in [4.69, 9.17) is 10.5 Å². The molecular weight excluding hydrogens is 334 g/mol. The van der Waals surface area contributed by atoms with Gasteiger partial charge in [0.2, 0.25) is 0 Å². The van der Waals surface area contributed by atoms with E-state index in [0.717, 1.165) is 18.6 Å². The van der Waals surface area contributed by atoms with Crippen molar-refractivity contribution in [3.05, 3.63) is 59.0 Å². The predicted octanol–water partition coefficient (Wildman–Crippen LogP) is 0.734. The van der Waals surface area contributed by atoms with E-state index in [1.54, 1.807) is 13.2 Å². The predicted molar refractivity (Wildman–Crippen MR) is 93.2 cm³/mol. The van der Waals surface area contributed by atoms with Gasteiger partial charge in [-0.05, 0) is 42.2 Å². The van der Waals surface area contributed by atoms with Gasteiger partial charge in [-0.15, -0.1) is 0 Å². The molecule has 0 aliphatic heterocycles. The number of primary amides is 1. The number of carbonyl (C=O) groups is 2. The zero-order valence-corrected chi connectivity index (χ0v) is 14.1. The summed E-state index contributed by atoms with van der Waals surface area (Å²) in [5.41, 5.74) is 8.43.